The van der Waals surface area contributed by atoms with E-state index in [-0.39, 0.29) is 18.7 Å². The van der Waals surface area contributed by atoms with Crippen LogP contribution in [0.15, 0.2) is 30.3 Å². The van der Waals surface area contributed by atoms with Crippen LogP contribution in [0.25, 0.3) is 0 Å². The molecule has 1 amide bonds. The van der Waals surface area contributed by atoms with Crippen molar-refractivity contribution in [2.75, 3.05) is 19.8 Å². The summed E-state index contributed by atoms with van der Waals surface area (Å²) in [7, 11) is 0. The van der Waals surface area contributed by atoms with Crippen molar-refractivity contribution in [2.24, 2.45) is 0 Å². The van der Waals surface area contributed by atoms with Gasteiger partial charge in [-0.1, -0.05) is 30.3 Å². The van der Waals surface area contributed by atoms with Crippen LogP contribution >= 0.6 is 0 Å². The first-order chi connectivity index (χ1) is 9.66. The molecule has 0 aliphatic carbocycles. The monoisotopic (exact) mass is 279 g/mol. The second kappa shape index (κ2) is 7.26. The average molecular weight is 279 g/mol. The molecule has 0 bridgehead atoms. The van der Waals surface area contributed by atoms with Gasteiger partial charge in [0.1, 0.15) is 6.61 Å². The van der Waals surface area contributed by atoms with E-state index in [9.17, 15) is 9.90 Å². The molecule has 1 aliphatic heterocycles. The van der Waals surface area contributed by atoms with Crippen molar-refractivity contribution in [3.8, 4) is 0 Å². The maximum atomic E-state index is 12.1. The zero-order valence-electron chi connectivity index (χ0n) is 11.7. The quantitative estimate of drug-likeness (QED) is 0.913. The molecule has 2 unspecified atom stereocenters. The highest BCUT2D eigenvalue weighted by Crippen LogP contribution is 2.15. The van der Waals surface area contributed by atoms with E-state index in [1.54, 1.807) is 11.8 Å². The SMILES string of the molecule is CC(O)CC1COCCN1C(=O)OCc1ccccc1. The second-order valence-electron chi connectivity index (χ2n) is 5.05. The summed E-state index contributed by atoms with van der Waals surface area (Å²) >= 11 is 0. The predicted octanol–water partition coefficient (Wildman–Crippen LogP) is 1.79. The van der Waals surface area contributed by atoms with Gasteiger partial charge in [-0.15, -0.1) is 0 Å². The number of carbonyl (C=O) groups is 1. The third-order valence-corrected chi connectivity index (χ3v) is 3.28. The maximum Gasteiger partial charge on any atom is 0.410 e. The number of hydrogen-bond acceptors (Lipinski definition) is 4. The molecule has 110 valence electrons. The fourth-order valence-corrected chi connectivity index (χ4v) is 2.29. The fourth-order valence-electron chi connectivity index (χ4n) is 2.29. The van der Waals surface area contributed by atoms with Crippen LogP contribution in [0.4, 0.5) is 4.79 Å². The molecule has 0 radical (unpaired) electrons. The molecule has 20 heavy (non-hydrogen) atoms. The molecule has 5 nitrogen and oxygen atoms in total. The van der Waals surface area contributed by atoms with E-state index >= 15 is 0 Å². The summed E-state index contributed by atoms with van der Waals surface area (Å²) in [6.07, 6.45) is -0.311. The molecule has 1 heterocycles. The number of nitrogens with zero attached hydrogens (tertiary/aromatic N) is 1. The van der Waals surface area contributed by atoms with Crippen LogP contribution in [0.3, 0.4) is 0 Å². The summed E-state index contributed by atoms with van der Waals surface area (Å²) in [4.78, 5) is 13.8. The van der Waals surface area contributed by atoms with Crippen LogP contribution in [-0.4, -0.2) is 48.0 Å². The van der Waals surface area contributed by atoms with Gasteiger partial charge in [0.05, 0.1) is 25.4 Å². The van der Waals surface area contributed by atoms with E-state index in [2.05, 4.69) is 0 Å². The summed E-state index contributed by atoms with van der Waals surface area (Å²) in [6, 6.07) is 9.46. The van der Waals surface area contributed by atoms with Gasteiger partial charge in [-0.2, -0.15) is 0 Å². The van der Waals surface area contributed by atoms with Crippen molar-refractivity contribution in [2.45, 2.75) is 32.1 Å². The molecule has 0 spiro atoms. The Morgan fingerprint density at radius 1 is 1.50 bits per heavy atom. The minimum atomic E-state index is -0.467. The summed E-state index contributed by atoms with van der Waals surface area (Å²) in [5.41, 5.74) is 0.959. The van der Waals surface area contributed by atoms with E-state index < -0.39 is 6.10 Å². The number of aliphatic hydroxyl groups excluding tert-OH is 1. The highest BCUT2D eigenvalue weighted by molar-refractivity contribution is 5.68. The molecule has 2 atom stereocenters. The largest absolute Gasteiger partial charge is 0.445 e. The lowest BCUT2D eigenvalue weighted by atomic mass is 10.1. The molecule has 5 heteroatoms. The van der Waals surface area contributed by atoms with Gasteiger partial charge in [0, 0.05) is 6.54 Å². The number of hydrogen-bond donors (Lipinski definition) is 1. The van der Waals surface area contributed by atoms with Gasteiger partial charge in [0.25, 0.3) is 0 Å². The van der Waals surface area contributed by atoms with Crippen molar-refractivity contribution in [1.29, 1.82) is 0 Å². The van der Waals surface area contributed by atoms with Crippen molar-refractivity contribution >= 4 is 6.09 Å². The van der Waals surface area contributed by atoms with Crippen LogP contribution in [0.1, 0.15) is 18.9 Å². The van der Waals surface area contributed by atoms with Crippen LogP contribution in [-0.2, 0) is 16.1 Å². The Balaban J connectivity index is 1.89. The van der Waals surface area contributed by atoms with Crippen LogP contribution in [0, 0.1) is 0 Å². The third-order valence-electron chi connectivity index (χ3n) is 3.28. The minimum Gasteiger partial charge on any atom is -0.445 e. The molecule has 2 rings (SSSR count). The number of benzene rings is 1. The number of morpholine rings is 1. The van der Waals surface area contributed by atoms with Crippen LogP contribution in [0.5, 0.6) is 0 Å². The van der Waals surface area contributed by atoms with Gasteiger partial charge in [-0.25, -0.2) is 4.79 Å². The van der Waals surface area contributed by atoms with Crippen molar-refractivity contribution in [3.05, 3.63) is 35.9 Å². The van der Waals surface area contributed by atoms with E-state index in [0.29, 0.717) is 26.2 Å². The zero-order valence-corrected chi connectivity index (χ0v) is 11.7. The first-order valence-electron chi connectivity index (χ1n) is 6.90. The van der Waals surface area contributed by atoms with Crippen molar-refractivity contribution in [1.82, 2.24) is 4.90 Å². The summed E-state index contributed by atoms with van der Waals surface area (Å²) in [5.74, 6) is 0. The van der Waals surface area contributed by atoms with Gasteiger partial charge < -0.3 is 19.5 Å². The average Bonchev–Trinajstić information content (AvgIpc) is 2.46. The smallest absolute Gasteiger partial charge is 0.410 e. The Kier molecular flexibility index (Phi) is 5.38. The maximum absolute atomic E-state index is 12.1. The molecular weight excluding hydrogens is 258 g/mol. The number of amides is 1. The Morgan fingerprint density at radius 3 is 2.95 bits per heavy atom. The Bertz CT molecular complexity index is 421. The zero-order chi connectivity index (χ0) is 14.4. The van der Waals surface area contributed by atoms with E-state index in [0.717, 1.165) is 5.56 Å². The lowest BCUT2D eigenvalue weighted by molar-refractivity contribution is -0.0239. The third kappa shape index (κ3) is 4.21. The molecule has 1 saturated heterocycles. The highest BCUT2D eigenvalue weighted by atomic mass is 16.6. The normalized spacial score (nSPS) is 20.5. The summed E-state index contributed by atoms with van der Waals surface area (Å²) in [6.45, 7) is 3.44. The van der Waals surface area contributed by atoms with E-state index in [1.165, 1.54) is 0 Å². The molecule has 1 aromatic rings. The number of carbonyl (C=O) groups excluding carboxylic acids is 1. The Morgan fingerprint density at radius 2 is 2.25 bits per heavy atom. The number of rotatable bonds is 4. The first kappa shape index (κ1) is 14.8. The second-order valence-corrected chi connectivity index (χ2v) is 5.05. The number of ether oxygens (including phenoxy) is 2. The van der Waals surface area contributed by atoms with Crippen molar-refractivity contribution in [3.63, 3.8) is 0 Å². The highest BCUT2D eigenvalue weighted by Gasteiger charge is 2.29. The van der Waals surface area contributed by atoms with Crippen LogP contribution in [0.2, 0.25) is 0 Å². The van der Waals surface area contributed by atoms with Gasteiger partial charge in [-0.05, 0) is 18.9 Å². The van der Waals surface area contributed by atoms with Crippen LogP contribution < -0.4 is 0 Å². The van der Waals surface area contributed by atoms with Gasteiger partial charge >= 0.3 is 6.09 Å². The number of aliphatic hydroxyl groups is 1. The molecule has 1 fully saturated rings. The lowest BCUT2D eigenvalue weighted by Gasteiger charge is -2.35. The molecular formula is C15H21NO4. The van der Waals surface area contributed by atoms with E-state index in [1.807, 2.05) is 30.3 Å². The lowest BCUT2D eigenvalue weighted by Crippen LogP contribution is -2.49. The van der Waals surface area contributed by atoms with Gasteiger partial charge in [0.2, 0.25) is 0 Å². The van der Waals surface area contributed by atoms with Crippen molar-refractivity contribution < 1.29 is 19.4 Å². The topological polar surface area (TPSA) is 59.0 Å². The molecule has 0 aromatic heterocycles. The Hall–Kier alpha value is -1.59. The predicted molar refractivity (Wildman–Crippen MR) is 74.2 cm³/mol. The molecule has 1 aliphatic rings. The molecule has 1 aromatic carbocycles. The molecule has 0 saturated carbocycles. The molecule has 1 N–H and O–H groups in total. The Labute approximate surface area is 119 Å². The van der Waals surface area contributed by atoms with Gasteiger partial charge in [0.15, 0.2) is 0 Å². The summed E-state index contributed by atoms with van der Waals surface area (Å²) in [5, 5.41) is 9.48. The summed E-state index contributed by atoms with van der Waals surface area (Å²) < 4.78 is 10.7. The van der Waals surface area contributed by atoms with E-state index in [4.69, 9.17) is 9.47 Å². The first-order valence-corrected chi connectivity index (χ1v) is 6.90. The minimum absolute atomic E-state index is 0.118. The van der Waals surface area contributed by atoms with Gasteiger partial charge in [-0.3, -0.25) is 0 Å². The standard InChI is InChI=1S/C15H21NO4/c1-12(17)9-14-11-19-8-7-16(14)15(18)20-10-13-5-3-2-4-6-13/h2-6,12,14,17H,7-11H2,1H3. The fraction of sp³-hybridized carbons (Fsp3) is 0.533.